The quantitative estimate of drug-likeness (QED) is 0.0860. The summed E-state index contributed by atoms with van der Waals surface area (Å²) in [5, 5.41) is 11.1. The number of carbonyl (C=O) groups is 4. The molecule has 3 aliphatic rings. The van der Waals surface area contributed by atoms with Crippen LogP contribution < -0.4 is 5.32 Å². The van der Waals surface area contributed by atoms with Crippen molar-refractivity contribution in [1.29, 1.82) is 0 Å². The molecule has 1 saturated heterocycles. The first kappa shape index (κ1) is 43.6. The summed E-state index contributed by atoms with van der Waals surface area (Å²) < 4.78 is 26.6. The van der Waals surface area contributed by atoms with E-state index in [-0.39, 0.29) is 44.5 Å². The number of carboxylic acid groups (broad SMARTS) is 1. The number of alkyl carbamates (subject to hydrolysis) is 1. The maximum Gasteiger partial charge on any atom is 0.410 e. The van der Waals surface area contributed by atoms with Gasteiger partial charge in [0.05, 0.1) is 13.2 Å². The molecule has 2 amide bonds. The third-order valence-electron chi connectivity index (χ3n) is 9.57. The number of carbonyl (C=O) groups excluding carboxylic acids is 3. The Morgan fingerprint density at radius 1 is 1.04 bits per heavy atom. The number of benzene rings is 3. The fourth-order valence-electron chi connectivity index (χ4n) is 6.91. The lowest BCUT2D eigenvalue weighted by Crippen LogP contribution is -2.48. The zero-order valence-electron chi connectivity index (χ0n) is 32.8. The van der Waals surface area contributed by atoms with Crippen LogP contribution in [0, 0.1) is 12.3 Å². The maximum absolute atomic E-state index is 13.3. The molecule has 13 nitrogen and oxygen atoms in total. The monoisotopic (exact) mass is 781 g/mol. The van der Waals surface area contributed by atoms with E-state index in [0.29, 0.717) is 25.3 Å². The molecule has 2 heterocycles. The standard InChI is InChI=1S/C31H30N2O5.C11H15NO5.C2H6/c1-36-29(34)31(18-21-10-3-2-4-11-21)20-38-28(32-31)27-16-9-17-33(27)30(35)37-19-26-24-14-7-5-12-22(24)23-13-6-8-15-25(23)26;1-4-6-16-8(3)9(10(13)14)12-11(15)17-7-5-2;1-2/h2-8,10-15,26-27H,9,16-20H2,1H3;1,5,8-9H,2,6-7H2,3H3,(H,12,15)(H,13,14);1-2H3/t27?,31-;8?,9-;/m10./s1. The Kier molecular flexibility index (Phi) is 16.3. The number of aliphatic carboxylic acids is 1. The minimum atomic E-state index is -1.23. The van der Waals surface area contributed by atoms with Crippen molar-refractivity contribution in [2.24, 2.45) is 4.99 Å². The van der Waals surface area contributed by atoms with Crippen LogP contribution in [0.25, 0.3) is 11.1 Å². The SMILES string of the molecule is C#CCOC(C)[C@H](NC(=O)OCC=C)C(=O)O.CC.COC(=O)[C@@]1(Cc2ccccc2)COC(C2CCCN2C(=O)OCC2c3ccccc3-c3ccccc32)=N1. The molecule has 0 spiro atoms. The molecule has 13 heteroatoms. The normalized spacial score (nSPS) is 18.5. The van der Waals surface area contributed by atoms with Crippen molar-refractivity contribution in [3.8, 4) is 23.5 Å². The van der Waals surface area contributed by atoms with E-state index in [1.165, 1.54) is 42.4 Å². The highest BCUT2D eigenvalue weighted by Crippen LogP contribution is 2.44. The van der Waals surface area contributed by atoms with Crippen molar-refractivity contribution in [2.45, 2.75) is 69.7 Å². The third kappa shape index (κ3) is 10.8. The predicted molar refractivity (Wildman–Crippen MR) is 215 cm³/mol. The fraction of sp³-hybridized carbons (Fsp3) is 0.386. The molecule has 6 rings (SSSR count). The first-order chi connectivity index (χ1) is 27.6. The van der Waals surface area contributed by atoms with Crippen molar-refractivity contribution in [2.75, 3.05) is 40.1 Å². The average Bonchev–Trinajstić information content (AvgIpc) is 3.98. The Hall–Kier alpha value is -6.13. The highest BCUT2D eigenvalue weighted by molar-refractivity contribution is 5.93. The van der Waals surface area contributed by atoms with Gasteiger partial charge >= 0.3 is 24.1 Å². The van der Waals surface area contributed by atoms with Crippen LogP contribution in [-0.2, 0) is 39.7 Å². The molecule has 4 atom stereocenters. The van der Waals surface area contributed by atoms with E-state index in [4.69, 9.17) is 35.5 Å². The van der Waals surface area contributed by atoms with Gasteiger partial charge in [-0.05, 0) is 47.6 Å². The number of esters is 1. The second kappa shape index (κ2) is 21.2. The van der Waals surface area contributed by atoms with E-state index in [9.17, 15) is 19.2 Å². The number of nitrogens with one attached hydrogen (secondary N) is 1. The van der Waals surface area contributed by atoms with Crippen molar-refractivity contribution in [3.63, 3.8) is 0 Å². The Morgan fingerprint density at radius 2 is 1.67 bits per heavy atom. The van der Waals surface area contributed by atoms with Gasteiger partial charge in [-0.15, -0.1) is 6.42 Å². The highest BCUT2D eigenvalue weighted by atomic mass is 16.6. The van der Waals surface area contributed by atoms with Crippen LogP contribution in [0.1, 0.15) is 56.2 Å². The number of hydrogen-bond donors (Lipinski definition) is 2. The van der Waals surface area contributed by atoms with Crippen LogP contribution in [0.5, 0.6) is 0 Å². The van der Waals surface area contributed by atoms with Gasteiger partial charge in [0.2, 0.25) is 5.90 Å². The summed E-state index contributed by atoms with van der Waals surface area (Å²) in [6, 6.07) is 24.7. The van der Waals surface area contributed by atoms with Gasteiger partial charge < -0.3 is 34.1 Å². The number of terminal acetylenes is 1. The molecule has 2 N–H and O–H groups in total. The number of carboxylic acids is 1. The summed E-state index contributed by atoms with van der Waals surface area (Å²) >= 11 is 0. The molecule has 1 aliphatic carbocycles. The van der Waals surface area contributed by atoms with E-state index in [0.717, 1.165) is 12.0 Å². The third-order valence-corrected chi connectivity index (χ3v) is 9.57. The molecule has 3 aromatic carbocycles. The molecule has 2 unspecified atom stereocenters. The lowest BCUT2D eigenvalue weighted by molar-refractivity contribution is -0.147. The Morgan fingerprint density at radius 3 is 2.26 bits per heavy atom. The second-order valence-electron chi connectivity index (χ2n) is 13.1. The van der Waals surface area contributed by atoms with E-state index >= 15 is 0 Å². The van der Waals surface area contributed by atoms with Gasteiger partial charge in [0.25, 0.3) is 0 Å². The van der Waals surface area contributed by atoms with Crippen LogP contribution in [-0.4, -0.2) is 104 Å². The van der Waals surface area contributed by atoms with Crippen LogP contribution in [0.2, 0.25) is 0 Å². The van der Waals surface area contributed by atoms with E-state index in [1.54, 1.807) is 4.90 Å². The number of hydrogen-bond acceptors (Lipinski definition) is 10. The van der Waals surface area contributed by atoms with E-state index in [2.05, 4.69) is 46.8 Å². The number of likely N-dealkylation sites (tertiary alicyclic amines) is 1. The molecule has 57 heavy (non-hydrogen) atoms. The summed E-state index contributed by atoms with van der Waals surface area (Å²) in [6.07, 6.45) is 6.21. The molecule has 2 aliphatic heterocycles. The zero-order chi connectivity index (χ0) is 41.4. The van der Waals surface area contributed by atoms with Crippen molar-refractivity contribution in [3.05, 3.63) is 108 Å². The first-order valence-corrected chi connectivity index (χ1v) is 18.9. The van der Waals surface area contributed by atoms with E-state index < -0.39 is 35.7 Å². The van der Waals surface area contributed by atoms with Crippen molar-refractivity contribution < 1.29 is 48.0 Å². The highest BCUT2D eigenvalue weighted by Gasteiger charge is 2.49. The van der Waals surface area contributed by atoms with Crippen LogP contribution in [0.3, 0.4) is 0 Å². The number of methoxy groups -OCH3 is 1. The van der Waals surface area contributed by atoms with Crippen LogP contribution >= 0.6 is 0 Å². The second-order valence-corrected chi connectivity index (χ2v) is 13.1. The first-order valence-electron chi connectivity index (χ1n) is 18.9. The van der Waals surface area contributed by atoms with Gasteiger partial charge in [0, 0.05) is 18.9 Å². The van der Waals surface area contributed by atoms with Gasteiger partial charge in [-0.3, -0.25) is 4.90 Å². The van der Waals surface area contributed by atoms with Gasteiger partial charge in [-0.1, -0.05) is 111 Å². The lowest BCUT2D eigenvalue weighted by atomic mass is 9.92. The maximum atomic E-state index is 13.3. The molecular formula is C44H51N3O10. The molecule has 0 bridgehead atoms. The van der Waals surface area contributed by atoms with E-state index in [1.807, 2.05) is 68.4 Å². The van der Waals surface area contributed by atoms with Crippen LogP contribution in [0.15, 0.2) is 96.5 Å². The Bertz CT molecular complexity index is 1880. The molecular weight excluding hydrogens is 730 g/mol. The number of ether oxygens (including phenoxy) is 5. The van der Waals surface area contributed by atoms with Gasteiger partial charge in [-0.2, -0.15) is 0 Å². The summed E-state index contributed by atoms with van der Waals surface area (Å²) in [6.45, 7) is 9.69. The Labute approximate surface area is 334 Å². The van der Waals surface area contributed by atoms with Crippen molar-refractivity contribution >= 4 is 30.0 Å². The molecule has 0 aromatic heterocycles. The lowest BCUT2D eigenvalue weighted by Gasteiger charge is -2.24. The number of rotatable bonds is 13. The molecule has 0 saturated carbocycles. The molecule has 302 valence electrons. The molecule has 0 radical (unpaired) electrons. The number of fused-ring (bicyclic) bond motifs is 3. The minimum Gasteiger partial charge on any atom is -0.480 e. The topological polar surface area (TPSA) is 162 Å². The number of nitrogens with zero attached hydrogens (tertiary/aromatic N) is 2. The largest absolute Gasteiger partial charge is 0.480 e. The number of amides is 2. The summed E-state index contributed by atoms with van der Waals surface area (Å²) in [5.41, 5.74) is 4.52. The smallest absolute Gasteiger partial charge is 0.410 e. The van der Waals surface area contributed by atoms with Crippen molar-refractivity contribution in [1.82, 2.24) is 10.2 Å². The Balaban J connectivity index is 0.000000322. The number of aliphatic imine (C=N–C) groups is 1. The average molecular weight is 782 g/mol. The minimum absolute atomic E-state index is 0.00222. The predicted octanol–water partition coefficient (Wildman–Crippen LogP) is 6.40. The van der Waals surface area contributed by atoms with Gasteiger partial charge in [0.15, 0.2) is 11.6 Å². The van der Waals surface area contributed by atoms with Gasteiger partial charge in [0.1, 0.15) is 32.5 Å². The van der Waals surface area contributed by atoms with Gasteiger partial charge in [-0.25, -0.2) is 24.2 Å². The summed E-state index contributed by atoms with van der Waals surface area (Å²) in [7, 11) is 1.36. The zero-order valence-corrected chi connectivity index (χ0v) is 32.8. The fourth-order valence-corrected chi connectivity index (χ4v) is 6.91. The summed E-state index contributed by atoms with van der Waals surface area (Å²) in [5.74, 6) is 0.925. The molecule has 1 fully saturated rings. The summed E-state index contributed by atoms with van der Waals surface area (Å²) in [4.78, 5) is 54.7. The van der Waals surface area contributed by atoms with Crippen LogP contribution in [0.4, 0.5) is 9.59 Å². The molecule has 3 aromatic rings.